The normalized spacial score (nSPS) is 17.1. The quantitative estimate of drug-likeness (QED) is 0.778. The number of carbonyl (C=O) groups is 3. The zero-order valence-corrected chi connectivity index (χ0v) is 13.2. The van der Waals surface area contributed by atoms with Gasteiger partial charge >= 0.3 is 5.97 Å². The molecule has 0 aliphatic carbocycles. The molecule has 124 valence electrons. The lowest BCUT2D eigenvalue weighted by atomic mass is 10.0. The summed E-state index contributed by atoms with van der Waals surface area (Å²) in [5, 5.41) is 9.08. The Labute approximate surface area is 135 Å². The molecule has 0 saturated carbocycles. The standard InChI is InChI=1S/C17H21NO5/c1-23-13-9-7-12(8-10-13)15(19)5-2-6-16(20)18-11-3-4-14(18)17(21)22/h7-10,14H,2-6,11H2,1H3,(H,21,22). The number of methoxy groups -OCH3 is 1. The molecule has 1 aliphatic rings. The molecule has 6 heteroatoms. The van der Waals surface area contributed by atoms with Crippen molar-refractivity contribution in [2.24, 2.45) is 0 Å². The maximum Gasteiger partial charge on any atom is 0.326 e. The van der Waals surface area contributed by atoms with Gasteiger partial charge in [0.2, 0.25) is 5.91 Å². The molecule has 1 aromatic rings. The van der Waals surface area contributed by atoms with E-state index in [9.17, 15) is 14.4 Å². The van der Waals surface area contributed by atoms with Crippen molar-refractivity contribution in [3.63, 3.8) is 0 Å². The van der Waals surface area contributed by atoms with E-state index in [1.54, 1.807) is 31.4 Å². The van der Waals surface area contributed by atoms with Crippen LogP contribution in [-0.4, -0.2) is 47.4 Å². The molecule has 1 aromatic carbocycles. The van der Waals surface area contributed by atoms with Gasteiger partial charge in [-0.25, -0.2) is 4.79 Å². The van der Waals surface area contributed by atoms with Crippen molar-refractivity contribution in [1.82, 2.24) is 4.90 Å². The number of rotatable bonds is 7. The van der Waals surface area contributed by atoms with Crippen LogP contribution in [-0.2, 0) is 9.59 Å². The van der Waals surface area contributed by atoms with Crippen LogP contribution >= 0.6 is 0 Å². The second kappa shape index (κ2) is 7.76. The molecule has 6 nitrogen and oxygen atoms in total. The second-order valence-electron chi connectivity index (χ2n) is 5.59. The number of benzene rings is 1. The fourth-order valence-corrected chi connectivity index (χ4v) is 2.79. The number of likely N-dealkylation sites (tertiary alicyclic amines) is 1. The number of ether oxygens (including phenoxy) is 1. The van der Waals surface area contributed by atoms with Crippen LogP contribution in [0.25, 0.3) is 0 Å². The van der Waals surface area contributed by atoms with E-state index in [1.807, 2.05) is 0 Å². The van der Waals surface area contributed by atoms with Crippen molar-refractivity contribution < 1.29 is 24.2 Å². The largest absolute Gasteiger partial charge is 0.497 e. The first-order valence-electron chi connectivity index (χ1n) is 7.72. The summed E-state index contributed by atoms with van der Waals surface area (Å²) in [4.78, 5) is 36.7. The molecule has 0 radical (unpaired) electrons. The van der Waals surface area contributed by atoms with Gasteiger partial charge in [0.25, 0.3) is 0 Å². The van der Waals surface area contributed by atoms with E-state index in [4.69, 9.17) is 9.84 Å². The van der Waals surface area contributed by atoms with Gasteiger partial charge in [-0.15, -0.1) is 0 Å². The van der Waals surface area contributed by atoms with Gasteiger partial charge in [0.1, 0.15) is 11.8 Å². The van der Waals surface area contributed by atoms with Crippen molar-refractivity contribution >= 4 is 17.7 Å². The second-order valence-corrected chi connectivity index (χ2v) is 5.59. The van der Waals surface area contributed by atoms with Gasteiger partial charge in [-0.1, -0.05) is 0 Å². The maximum absolute atomic E-state index is 12.1. The Kier molecular flexibility index (Phi) is 5.73. The smallest absolute Gasteiger partial charge is 0.326 e. The number of hydrogen-bond acceptors (Lipinski definition) is 4. The summed E-state index contributed by atoms with van der Waals surface area (Å²) in [6.07, 6.45) is 2.11. The van der Waals surface area contributed by atoms with E-state index < -0.39 is 12.0 Å². The van der Waals surface area contributed by atoms with Gasteiger partial charge < -0.3 is 14.7 Å². The Morgan fingerprint density at radius 2 is 1.91 bits per heavy atom. The zero-order chi connectivity index (χ0) is 16.8. The summed E-state index contributed by atoms with van der Waals surface area (Å²) < 4.78 is 5.04. The third-order valence-electron chi connectivity index (χ3n) is 4.06. The molecular weight excluding hydrogens is 298 g/mol. The van der Waals surface area contributed by atoms with E-state index in [1.165, 1.54) is 4.90 Å². The first-order valence-corrected chi connectivity index (χ1v) is 7.72. The first-order chi connectivity index (χ1) is 11.0. The molecule has 1 N–H and O–H groups in total. The van der Waals surface area contributed by atoms with E-state index in [-0.39, 0.29) is 24.5 Å². The molecule has 23 heavy (non-hydrogen) atoms. The number of carboxylic acids is 1. The van der Waals surface area contributed by atoms with Crippen molar-refractivity contribution in [3.05, 3.63) is 29.8 Å². The predicted molar refractivity (Wildman–Crippen MR) is 83.5 cm³/mol. The van der Waals surface area contributed by atoms with Crippen molar-refractivity contribution in [1.29, 1.82) is 0 Å². The number of aliphatic carboxylic acids is 1. The van der Waals surface area contributed by atoms with Gasteiger partial charge in [-0.2, -0.15) is 0 Å². The summed E-state index contributed by atoms with van der Waals surface area (Å²) in [6.45, 7) is 0.488. The van der Waals surface area contributed by atoms with Crippen LogP contribution in [0.1, 0.15) is 42.5 Å². The molecule has 1 atom stereocenters. The highest BCUT2D eigenvalue weighted by Crippen LogP contribution is 2.20. The summed E-state index contributed by atoms with van der Waals surface area (Å²) >= 11 is 0. The minimum atomic E-state index is -0.954. The van der Waals surface area contributed by atoms with Crippen molar-refractivity contribution in [2.45, 2.75) is 38.1 Å². The van der Waals surface area contributed by atoms with Crippen LogP contribution in [0.5, 0.6) is 5.75 Å². The van der Waals surface area contributed by atoms with Crippen LogP contribution in [0, 0.1) is 0 Å². The number of carboxylic acid groups (broad SMARTS) is 1. The molecule has 1 unspecified atom stereocenters. The fraction of sp³-hybridized carbons (Fsp3) is 0.471. The maximum atomic E-state index is 12.1. The Morgan fingerprint density at radius 1 is 1.22 bits per heavy atom. The molecule has 1 saturated heterocycles. The topological polar surface area (TPSA) is 83.9 Å². The van der Waals surface area contributed by atoms with Gasteiger partial charge in [0.05, 0.1) is 7.11 Å². The van der Waals surface area contributed by atoms with Crippen LogP contribution in [0.3, 0.4) is 0 Å². The Balaban J connectivity index is 1.80. The third kappa shape index (κ3) is 4.31. The van der Waals surface area contributed by atoms with Crippen LogP contribution < -0.4 is 4.74 Å². The van der Waals surface area contributed by atoms with Gasteiger partial charge in [0.15, 0.2) is 5.78 Å². The number of amides is 1. The zero-order valence-electron chi connectivity index (χ0n) is 13.2. The molecule has 2 rings (SSSR count). The molecular formula is C17H21NO5. The summed E-state index contributed by atoms with van der Waals surface area (Å²) in [7, 11) is 1.56. The molecule has 0 spiro atoms. The monoisotopic (exact) mass is 319 g/mol. The molecule has 0 aromatic heterocycles. The number of carbonyl (C=O) groups excluding carboxylic acids is 2. The first kappa shape index (κ1) is 17.0. The fourth-order valence-electron chi connectivity index (χ4n) is 2.79. The summed E-state index contributed by atoms with van der Waals surface area (Å²) in [6, 6.07) is 6.13. The highest BCUT2D eigenvalue weighted by molar-refractivity contribution is 5.96. The van der Waals surface area contributed by atoms with Gasteiger partial charge in [-0.05, 0) is 43.5 Å². The van der Waals surface area contributed by atoms with Crippen LogP contribution in [0.4, 0.5) is 0 Å². The SMILES string of the molecule is COc1ccc(C(=O)CCCC(=O)N2CCCC2C(=O)O)cc1. The molecule has 1 fully saturated rings. The minimum absolute atomic E-state index is 0.0309. The van der Waals surface area contributed by atoms with E-state index >= 15 is 0 Å². The minimum Gasteiger partial charge on any atom is -0.497 e. The van der Waals surface area contributed by atoms with Crippen molar-refractivity contribution in [2.75, 3.05) is 13.7 Å². The average molecular weight is 319 g/mol. The summed E-state index contributed by atoms with van der Waals surface area (Å²) in [5.41, 5.74) is 0.586. The van der Waals surface area contributed by atoms with E-state index in [2.05, 4.69) is 0 Å². The summed E-state index contributed by atoms with van der Waals surface area (Å²) in [5.74, 6) is -0.482. The highest BCUT2D eigenvalue weighted by Gasteiger charge is 2.33. The third-order valence-corrected chi connectivity index (χ3v) is 4.06. The average Bonchev–Trinajstić information content (AvgIpc) is 3.04. The van der Waals surface area contributed by atoms with Gasteiger partial charge in [-0.3, -0.25) is 9.59 Å². The number of nitrogens with zero attached hydrogens (tertiary/aromatic N) is 1. The predicted octanol–water partition coefficient (Wildman–Crippen LogP) is 2.12. The number of ketones is 1. The Morgan fingerprint density at radius 3 is 2.52 bits per heavy atom. The van der Waals surface area contributed by atoms with Crippen LogP contribution in [0.15, 0.2) is 24.3 Å². The lowest BCUT2D eigenvalue weighted by Crippen LogP contribution is -2.40. The molecule has 1 aliphatic heterocycles. The molecule has 0 bridgehead atoms. The number of Topliss-reactive ketones (excluding diaryl/α,β-unsaturated/α-hetero) is 1. The molecule has 1 heterocycles. The van der Waals surface area contributed by atoms with Crippen molar-refractivity contribution in [3.8, 4) is 5.75 Å². The Hall–Kier alpha value is -2.37. The van der Waals surface area contributed by atoms with Gasteiger partial charge in [0, 0.05) is 24.9 Å². The van der Waals surface area contributed by atoms with Crippen LogP contribution in [0.2, 0.25) is 0 Å². The highest BCUT2D eigenvalue weighted by atomic mass is 16.5. The van der Waals surface area contributed by atoms with E-state index in [0.29, 0.717) is 37.1 Å². The van der Waals surface area contributed by atoms with E-state index in [0.717, 1.165) is 0 Å². The lowest BCUT2D eigenvalue weighted by Gasteiger charge is -2.21. The molecule has 1 amide bonds. The Bertz CT molecular complexity index is 581. The lowest BCUT2D eigenvalue weighted by molar-refractivity contribution is -0.148. The number of hydrogen-bond donors (Lipinski definition) is 1.